The summed E-state index contributed by atoms with van der Waals surface area (Å²) >= 11 is 1.43. The molecule has 1 atom stereocenters. The minimum atomic E-state index is -0.679. The van der Waals surface area contributed by atoms with Gasteiger partial charge in [-0.05, 0) is 38.5 Å². The number of nitro groups is 1. The number of H-pyrrole nitrogens is 1. The lowest BCUT2D eigenvalue weighted by atomic mass is 10.2. The van der Waals surface area contributed by atoms with Crippen LogP contribution in [0.25, 0.3) is 10.2 Å². The van der Waals surface area contributed by atoms with E-state index >= 15 is 0 Å². The molecule has 1 N–H and O–H groups in total. The molecule has 26 heavy (non-hydrogen) atoms. The molecule has 0 amide bonds. The maximum Gasteiger partial charge on any atom is 0.314 e. The summed E-state index contributed by atoms with van der Waals surface area (Å²) < 4.78 is 10.7. The average Bonchev–Trinajstić information content (AvgIpc) is 2.89. The van der Waals surface area contributed by atoms with Crippen molar-refractivity contribution in [1.82, 2.24) is 9.97 Å². The number of methoxy groups -OCH3 is 1. The first-order chi connectivity index (χ1) is 12.3. The van der Waals surface area contributed by atoms with Gasteiger partial charge in [0, 0.05) is 4.88 Å². The molecular weight excluding hydrogens is 358 g/mol. The fourth-order valence-corrected chi connectivity index (χ4v) is 3.61. The van der Waals surface area contributed by atoms with Crippen molar-refractivity contribution in [3.05, 3.63) is 54.9 Å². The van der Waals surface area contributed by atoms with Crippen molar-refractivity contribution in [2.24, 2.45) is 0 Å². The van der Waals surface area contributed by atoms with Gasteiger partial charge in [0.25, 0.3) is 5.56 Å². The zero-order valence-electron chi connectivity index (χ0n) is 14.7. The van der Waals surface area contributed by atoms with Gasteiger partial charge in [0.1, 0.15) is 10.6 Å². The third-order valence-electron chi connectivity index (χ3n) is 4.11. The molecule has 8 nitrogen and oxygen atoms in total. The Labute approximate surface area is 152 Å². The summed E-state index contributed by atoms with van der Waals surface area (Å²) in [5, 5.41) is 11.8. The molecule has 3 rings (SSSR count). The van der Waals surface area contributed by atoms with Gasteiger partial charge in [0.2, 0.25) is 0 Å². The number of thiophene rings is 1. The molecule has 0 saturated heterocycles. The summed E-state index contributed by atoms with van der Waals surface area (Å²) in [6.45, 7) is 5.48. The standard InChI is InChI=1S/C17H17N3O5S/c1-8-10(3)26-17-14(8)16(21)18-15(19-17)9(2)25-13-6-5-11(24-4)7-12(13)20(22)23/h5-7,9H,1-4H3,(H,18,19,21)/t9-/m0/s1. The molecule has 136 valence electrons. The average molecular weight is 375 g/mol. The number of nitrogens with zero attached hydrogens (tertiary/aromatic N) is 2. The van der Waals surface area contributed by atoms with Crippen LogP contribution in [0.5, 0.6) is 11.5 Å². The van der Waals surface area contributed by atoms with E-state index < -0.39 is 11.0 Å². The number of aromatic amines is 1. The number of hydrogen-bond acceptors (Lipinski definition) is 7. The Bertz CT molecular complexity index is 1060. The molecule has 0 radical (unpaired) electrons. The van der Waals surface area contributed by atoms with Gasteiger partial charge in [0.05, 0.1) is 23.5 Å². The molecule has 0 aliphatic rings. The van der Waals surface area contributed by atoms with E-state index in [-0.39, 0.29) is 17.0 Å². The predicted molar refractivity (Wildman–Crippen MR) is 98.4 cm³/mol. The molecule has 0 aliphatic heterocycles. The first-order valence-electron chi connectivity index (χ1n) is 7.80. The summed E-state index contributed by atoms with van der Waals surface area (Å²) in [6, 6.07) is 4.32. The summed E-state index contributed by atoms with van der Waals surface area (Å²) in [5.74, 6) is 0.743. The van der Waals surface area contributed by atoms with E-state index in [2.05, 4.69) is 9.97 Å². The van der Waals surface area contributed by atoms with Crippen LogP contribution in [0.4, 0.5) is 5.69 Å². The molecule has 0 aliphatic carbocycles. The van der Waals surface area contributed by atoms with E-state index in [4.69, 9.17) is 9.47 Å². The second kappa shape index (κ2) is 6.75. The minimum Gasteiger partial charge on any atom is -0.496 e. The summed E-state index contributed by atoms with van der Waals surface area (Å²) in [6.07, 6.45) is -0.679. The second-order valence-electron chi connectivity index (χ2n) is 5.77. The van der Waals surface area contributed by atoms with Crippen molar-refractivity contribution in [2.75, 3.05) is 7.11 Å². The van der Waals surface area contributed by atoms with Crippen molar-refractivity contribution in [3.63, 3.8) is 0 Å². The first kappa shape index (κ1) is 17.9. The third-order valence-corrected chi connectivity index (χ3v) is 5.21. The largest absolute Gasteiger partial charge is 0.496 e. The number of ether oxygens (including phenoxy) is 2. The van der Waals surface area contributed by atoms with E-state index in [1.165, 1.54) is 30.6 Å². The van der Waals surface area contributed by atoms with Crippen LogP contribution in [-0.4, -0.2) is 22.0 Å². The summed E-state index contributed by atoms with van der Waals surface area (Å²) in [5.41, 5.74) is 0.443. The fraction of sp³-hybridized carbons (Fsp3) is 0.294. The SMILES string of the molecule is COc1ccc(O[C@@H](C)c2nc3sc(C)c(C)c3c(=O)[nH]2)c([N+](=O)[O-])c1. The van der Waals surface area contributed by atoms with E-state index in [0.717, 1.165) is 10.4 Å². The lowest BCUT2D eigenvalue weighted by Crippen LogP contribution is -2.16. The fourth-order valence-electron chi connectivity index (χ4n) is 2.58. The molecule has 9 heteroatoms. The van der Waals surface area contributed by atoms with Crippen LogP contribution in [0, 0.1) is 24.0 Å². The van der Waals surface area contributed by atoms with Crippen LogP contribution in [-0.2, 0) is 0 Å². The molecule has 3 aromatic rings. The van der Waals surface area contributed by atoms with Crippen LogP contribution in [0.2, 0.25) is 0 Å². The van der Waals surface area contributed by atoms with Crippen LogP contribution >= 0.6 is 11.3 Å². The Morgan fingerprint density at radius 2 is 2.08 bits per heavy atom. The van der Waals surface area contributed by atoms with Gasteiger partial charge in [-0.25, -0.2) is 4.98 Å². The first-order valence-corrected chi connectivity index (χ1v) is 8.62. The van der Waals surface area contributed by atoms with E-state index in [9.17, 15) is 14.9 Å². The molecule has 1 aromatic carbocycles. The number of benzene rings is 1. The highest BCUT2D eigenvalue weighted by molar-refractivity contribution is 7.18. The van der Waals surface area contributed by atoms with Gasteiger partial charge in [0.15, 0.2) is 17.7 Å². The summed E-state index contributed by atoms with van der Waals surface area (Å²) in [4.78, 5) is 31.9. The molecule has 0 fully saturated rings. The summed E-state index contributed by atoms with van der Waals surface area (Å²) in [7, 11) is 1.43. The highest BCUT2D eigenvalue weighted by Gasteiger charge is 2.21. The molecule has 0 unspecified atom stereocenters. The second-order valence-corrected chi connectivity index (χ2v) is 6.97. The number of nitro benzene ring substituents is 1. The zero-order chi connectivity index (χ0) is 19.0. The monoisotopic (exact) mass is 375 g/mol. The Hall–Kier alpha value is -2.94. The van der Waals surface area contributed by atoms with E-state index in [1.54, 1.807) is 13.0 Å². The molecule has 2 heterocycles. The highest BCUT2D eigenvalue weighted by atomic mass is 32.1. The van der Waals surface area contributed by atoms with Crippen LogP contribution in [0.3, 0.4) is 0 Å². The smallest absolute Gasteiger partial charge is 0.314 e. The van der Waals surface area contributed by atoms with Crippen LogP contribution in [0.1, 0.15) is 29.3 Å². The van der Waals surface area contributed by atoms with Crippen molar-refractivity contribution in [2.45, 2.75) is 26.9 Å². The van der Waals surface area contributed by atoms with Crippen molar-refractivity contribution >= 4 is 27.2 Å². The molecular formula is C17H17N3O5S. The van der Waals surface area contributed by atoms with Crippen LogP contribution in [0.15, 0.2) is 23.0 Å². The highest BCUT2D eigenvalue weighted by Crippen LogP contribution is 2.34. The number of rotatable bonds is 5. The molecule has 0 spiro atoms. The maximum atomic E-state index is 12.4. The van der Waals surface area contributed by atoms with E-state index in [0.29, 0.717) is 21.8 Å². The number of hydrogen-bond donors (Lipinski definition) is 1. The van der Waals surface area contributed by atoms with Gasteiger partial charge in [-0.2, -0.15) is 0 Å². The van der Waals surface area contributed by atoms with E-state index in [1.807, 2.05) is 13.8 Å². The maximum absolute atomic E-state index is 12.4. The molecule has 0 saturated carbocycles. The minimum absolute atomic E-state index is 0.0737. The number of fused-ring (bicyclic) bond motifs is 1. The normalized spacial score (nSPS) is 12.2. The molecule has 0 bridgehead atoms. The third kappa shape index (κ3) is 3.13. The van der Waals surface area contributed by atoms with Gasteiger partial charge in [-0.15, -0.1) is 11.3 Å². The lowest BCUT2D eigenvalue weighted by molar-refractivity contribution is -0.386. The van der Waals surface area contributed by atoms with Crippen molar-refractivity contribution in [1.29, 1.82) is 0 Å². The van der Waals surface area contributed by atoms with Gasteiger partial charge < -0.3 is 14.5 Å². The Balaban J connectivity index is 1.98. The van der Waals surface area contributed by atoms with Crippen molar-refractivity contribution in [3.8, 4) is 11.5 Å². The van der Waals surface area contributed by atoms with Gasteiger partial charge in [-0.1, -0.05) is 0 Å². The Morgan fingerprint density at radius 1 is 1.35 bits per heavy atom. The topological polar surface area (TPSA) is 107 Å². The lowest BCUT2D eigenvalue weighted by Gasteiger charge is -2.14. The molecule has 2 aromatic heterocycles. The number of aryl methyl sites for hydroxylation is 2. The van der Waals surface area contributed by atoms with Crippen molar-refractivity contribution < 1.29 is 14.4 Å². The number of aromatic nitrogens is 2. The Morgan fingerprint density at radius 3 is 2.73 bits per heavy atom. The van der Waals surface area contributed by atoms with Crippen LogP contribution < -0.4 is 15.0 Å². The van der Waals surface area contributed by atoms with Gasteiger partial charge in [-0.3, -0.25) is 14.9 Å². The zero-order valence-corrected chi connectivity index (χ0v) is 15.5. The quantitative estimate of drug-likeness (QED) is 0.539. The predicted octanol–water partition coefficient (Wildman–Crippen LogP) is 3.66. The number of nitrogens with one attached hydrogen (secondary N) is 1. The Kier molecular flexibility index (Phi) is 4.64. The van der Waals surface area contributed by atoms with Gasteiger partial charge >= 0.3 is 5.69 Å².